The highest BCUT2D eigenvalue weighted by Gasteiger charge is 2.31. The SMILES string of the molecule is Cc1cccnc1[N+]1=C(N/N=C/c2ccc(C(N)=NC=Nc3ccc(OC(F)(F)F)cc3)cc2)SCCC1. The van der Waals surface area contributed by atoms with Gasteiger partial charge in [-0.25, -0.2) is 14.6 Å². The number of amidine groups is 2. The van der Waals surface area contributed by atoms with Crippen LogP contribution in [0.2, 0.25) is 0 Å². The van der Waals surface area contributed by atoms with Gasteiger partial charge in [0, 0.05) is 16.9 Å². The molecule has 0 spiro atoms. The Morgan fingerprint density at radius 1 is 1.13 bits per heavy atom. The molecule has 0 atom stereocenters. The second-order valence-electron chi connectivity index (χ2n) is 8.10. The molecule has 2 aromatic carbocycles. The van der Waals surface area contributed by atoms with Crippen LogP contribution in [0.3, 0.4) is 0 Å². The van der Waals surface area contributed by atoms with E-state index >= 15 is 0 Å². The number of benzene rings is 2. The summed E-state index contributed by atoms with van der Waals surface area (Å²) in [7, 11) is 0. The summed E-state index contributed by atoms with van der Waals surface area (Å²) in [5, 5.41) is 5.33. The molecule has 1 aromatic heterocycles. The molecule has 0 unspecified atom stereocenters. The van der Waals surface area contributed by atoms with E-state index in [1.807, 2.05) is 43.3 Å². The number of hydrazone groups is 1. The van der Waals surface area contributed by atoms with Gasteiger partial charge in [-0.3, -0.25) is 0 Å². The van der Waals surface area contributed by atoms with Crippen molar-refractivity contribution in [2.75, 3.05) is 12.3 Å². The predicted molar refractivity (Wildman–Crippen MR) is 145 cm³/mol. The molecular weight excluding hydrogens is 515 g/mol. The van der Waals surface area contributed by atoms with Crippen LogP contribution < -0.4 is 15.9 Å². The summed E-state index contributed by atoms with van der Waals surface area (Å²) in [4.78, 5) is 12.7. The summed E-state index contributed by atoms with van der Waals surface area (Å²) in [6.07, 6.45) is 1.07. The van der Waals surface area contributed by atoms with Gasteiger partial charge in [0.15, 0.2) is 0 Å². The molecule has 1 aliphatic rings. The van der Waals surface area contributed by atoms with Crippen LogP contribution in [-0.2, 0) is 0 Å². The molecule has 196 valence electrons. The third-order valence-corrected chi connectivity index (χ3v) is 6.38. The van der Waals surface area contributed by atoms with Crippen molar-refractivity contribution < 1.29 is 22.5 Å². The average molecular weight is 541 g/mol. The predicted octanol–water partition coefficient (Wildman–Crippen LogP) is 5.11. The standard InChI is InChI=1S/C26H24F3N7OS/c1-18-4-2-13-31-24(18)36-14-3-15-38-25(36)35-34-16-19-5-7-20(8-6-19)23(30)33-17-32-21-9-11-22(12-10-21)37-26(27,28)29/h2,4-13,16-17H,3,14-15H2,1H3,(H2,30,32,33)/p+1/b34-16+. The van der Waals surface area contributed by atoms with Crippen LogP contribution in [-0.4, -0.2) is 51.8 Å². The molecule has 0 amide bonds. The number of aromatic nitrogens is 1. The number of aliphatic imine (C=N–C) groups is 2. The van der Waals surface area contributed by atoms with Crippen molar-refractivity contribution in [1.82, 2.24) is 10.4 Å². The lowest BCUT2D eigenvalue weighted by atomic mass is 10.1. The third kappa shape index (κ3) is 7.65. The van der Waals surface area contributed by atoms with E-state index in [1.54, 1.807) is 24.2 Å². The minimum Gasteiger partial charge on any atom is -0.406 e. The maximum Gasteiger partial charge on any atom is 0.573 e. The van der Waals surface area contributed by atoms with Crippen molar-refractivity contribution in [3.8, 4) is 5.75 Å². The number of hydrogen-bond donors (Lipinski definition) is 2. The van der Waals surface area contributed by atoms with Gasteiger partial charge in [0.1, 0.15) is 24.1 Å². The van der Waals surface area contributed by atoms with Crippen molar-refractivity contribution in [1.29, 1.82) is 0 Å². The maximum absolute atomic E-state index is 12.2. The molecule has 0 fully saturated rings. The largest absolute Gasteiger partial charge is 0.573 e. The van der Waals surface area contributed by atoms with Crippen molar-refractivity contribution in [2.24, 2.45) is 20.8 Å². The minimum atomic E-state index is -4.74. The summed E-state index contributed by atoms with van der Waals surface area (Å²) in [6, 6.07) is 16.4. The first-order valence-corrected chi connectivity index (χ1v) is 12.6. The number of ether oxygens (including phenoxy) is 1. The van der Waals surface area contributed by atoms with Gasteiger partial charge in [0.25, 0.3) is 11.0 Å². The number of pyridine rings is 1. The van der Waals surface area contributed by atoms with Gasteiger partial charge < -0.3 is 10.5 Å². The zero-order valence-corrected chi connectivity index (χ0v) is 21.2. The van der Waals surface area contributed by atoms with Crippen LogP contribution in [0.5, 0.6) is 5.75 Å². The number of hydrogen-bond acceptors (Lipinski definition) is 6. The topological polar surface area (TPSA) is 100 Å². The number of rotatable bonds is 7. The van der Waals surface area contributed by atoms with Gasteiger partial charge in [0.2, 0.25) is 0 Å². The third-order valence-electron chi connectivity index (χ3n) is 5.30. The molecule has 0 aliphatic carbocycles. The summed E-state index contributed by atoms with van der Waals surface area (Å²) < 4.78 is 42.7. The number of thioether (sulfide) groups is 1. The van der Waals surface area contributed by atoms with Crippen LogP contribution in [0.1, 0.15) is 23.1 Å². The lowest BCUT2D eigenvalue weighted by Crippen LogP contribution is -2.31. The molecule has 0 saturated heterocycles. The maximum atomic E-state index is 12.2. The Kier molecular flexibility index (Phi) is 8.74. The Bertz CT molecular complexity index is 1370. The highest BCUT2D eigenvalue weighted by Crippen LogP contribution is 2.25. The van der Waals surface area contributed by atoms with E-state index in [-0.39, 0.29) is 11.6 Å². The van der Waals surface area contributed by atoms with Crippen molar-refractivity contribution in [3.05, 3.63) is 83.6 Å². The fraction of sp³-hybridized carbons (Fsp3) is 0.192. The first kappa shape index (κ1) is 26.9. The van der Waals surface area contributed by atoms with E-state index in [1.165, 1.54) is 30.6 Å². The second kappa shape index (κ2) is 12.4. The van der Waals surface area contributed by atoms with Crippen molar-refractivity contribution >= 4 is 46.8 Å². The van der Waals surface area contributed by atoms with Crippen LogP contribution in [0, 0.1) is 6.92 Å². The molecule has 8 nitrogen and oxygen atoms in total. The first-order valence-electron chi connectivity index (χ1n) is 11.6. The minimum absolute atomic E-state index is 0.239. The number of nitrogens with one attached hydrogen (secondary N) is 1. The number of halogens is 3. The normalized spacial score (nSPS) is 14.9. The van der Waals surface area contributed by atoms with Crippen LogP contribution in [0.25, 0.3) is 0 Å². The molecule has 12 heteroatoms. The van der Waals surface area contributed by atoms with Gasteiger partial charge >= 0.3 is 6.36 Å². The fourth-order valence-corrected chi connectivity index (χ4v) is 4.41. The quantitative estimate of drug-likeness (QED) is 0.188. The van der Waals surface area contributed by atoms with Gasteiger partial charge in [0.05, 0.1) is 18.4 Å². The van der Waals surface area contributed by atoms with Crippen molar-refractivity contribution in [2.45, 2.75) is 19.7 Å². The molecular formula is C26H25F3N7OS+. The summed E-state index contributed by atoms with van der Waals surface area (Å²) in [6.45, 7) is 2.91. The Morgan fingerprint density at radius 3 is 2.61 bits per heavy atom. The Morgan fingerprint density at radius 2 is 1.89 bits per heavy atom. The number of alkyl halides is 3. The van der Waals surface area contributed by atoms with Crippen LogP contribution in [0.15, 0.2) is 81.9 Å². The smallest absolute Gasteiger partial charge is 0.406 e. The monoisotopic (exact) mass is 540 g/mol. The van der Waals surface area contributed by atoms with E-state index in [2.05, 4.69) is 34.8 Å². The second-order valence-corrected chi connectivity index (χ2v) is 9.18. The van der Waals surface area contributed by atoms with Gasteiger partial charge in [-0.15, -0.1) is 23.3 Å². The van der Waals surface area contributed by atoms with Gasteiger partial charge in [-0.1, -0.05) is 36.0 Å². The summed E-state index contributed by atoms with van der Waals surface area (Å²) in [5.74, 6) is 1.85. The summed E-state index contributed by atoms with van der Waals surface area (Å²) in [5.41, 5.74) is 12.2. The molecule has 0 bridgehead atoms. The zero-order valence-electron chi connectivity index (χ0n) is 20.4. The number of nitrogens with zero attached hydrogens (tertiary/aromatic N) is 5. The first-order chi connectivity index (χ1) is 18.3. The van der Waals surface area contributed by atoms with Gasteiger partial charge in [-0.2, -0.15) is 5.43 Å². The molecule has 0 saturated carbocycles. The molecule has 1 aliphatic heterocycles. The highest BCUT2D eigenvalue weighted by atomic mass is 32.2. The molecule has 4 rings (SSSR count). The van der Waals surface area contributed by atoms with Crippen LogP contribution >= 0.6 is 11.8 Å². The van der Waals surface area contributed by atoms with E-state index in [0.29, 0.717) is 11.3 Å². The fourth-order valence-electron chi connectivity index (χ4n) is 3.49. The molecule has 0 radical (unpaired) electrons. The Balaban J connectivity index is 1.36. The number of nitrogens with two attached hydrogens (primary N) is 1. The lowest BCUT2D eigenvalue weighted by molar-refractivity contribution is -0.445. The van der Waals surface area contributed by atoms with Gasteiger partial charge in [-0.05, 0) is 55.3 Å². The molecule has 3 N–H and O–H groups in total. The molecule has 3 aromatic rings. The average Bonchev–Trinajstić information content (AvgIpc) is 2.90. The molecule has 38 heavy (non-hydrogen) atoms. The van der Waals surface area contributed by atoms with E-state index in [0.717, 1.165) is 40.8 Å². The highest BCUT2D eigenvalue weighted by molar-refractivity contribution is 8.13. The summed E-state index contributed by atoms with van der Waals surface area (Å²) >= 11 is 1.71. The Labute approximate surface area is 221 Å². The van der Waals surface area contributed by atoms with Crippen molar-refractivity contribution in [3.63, 3.8) is 0 Å². The zero-order chi connectivity index (χ0) is 27.0. The lowest BCUT2D eigenvalue weighted by Gasteiger charge is -2.16. The van der Waals surface area contributed by atoms with E-state index < -0.39 is 6.36 Å². The molecule has 2 heterocycles. The Hall–Kier alpha value is -4.19. The van der Waals surface area contributed by atoms with E-state index in [9.17, 15) is 13.2 Å². The van der Waals surface area contributed by atoms with Crippen LogP contribution in [0.4, 0.5) is 24.7 Å². The van der Waals surface area contributed by atoms with E-state index in [4.69, 9.17) is 5.73 Å². The number of aryl methyl sites for hydroxylation is 1.